The lowest BCUT2D eigenvalue weighted by molar-refractivity contribution is -0.378. The maximum Gasteiger partial charge on any atom is 0.211 e. The van der Waals surface area contributed by atoms with Crippen molar-refractivity contribution >= 4 is 27.9 Å². The molecule has 0 fully saturated rings. The summed E-state index contributed by atoms with van der Waals surface area (Å²) in [5, 5.41) is 12.2. The number of rotatable bonds is 1. The van der Waals surface area contributed by atoms with Gasteiger partial charge in [-0.1, -0.05) is 0 Å². The summed E-state index contributed by atoms with van der Waals surface area (Å²) in [7, 11) is 0. The zero-order chi connectivity index (χ0) is 14.4. The molecule has 0 atom stereocenters. The van der Waals surface area contributed by atoms with Crippen LogP contribution in [-0.2, 0) is 0 Å². The number of aldehydes is 1. The van der Waals surface area contributed by atoms with E-state index >= 15 is 0 Å². The van der Waals surface area contributed by atoms with Crippen LogP contribution < -0.4 is 32.0 Å². The van der Waals surface area contributed by atoms with Crippen molar-refractivity contribution in [3.63, 3.8) is 0 Å². The molecule has 0 saturated heterocycles. The van der Waals surface area contributed by atoms with Crippen LogP contribution >= 0.6 is 15.9 Å². The Morgan fingerprint density at radius 2 is 2.19 bits per heavy atom. The molecule has 0 radical (unpaired) electrons. The molecule has 0 saturated carbocycles. The number of H-pyrrole nitrogens is 1. The van der Waals surface area contributed by atoms with Gasteiger partial charge in [0.15, 0.2) is 6.20 Å². The lowest BCUT2D eigenvalue weighted by Gasteiger charge is -2.15. The molecule has 1 aromatic carbocycles. The van der Waals surface area contributed by atoms with E-state index in [1.807, 2.05) is 18.5 Å². The van der Waals surface area contributed by atoms with Gasteiger partial charge < -0.3 is 32.1 Å². The van der Waals surface area contributed by atoms with Gasteiger partial charge in [0, 0.05) is 18.2 Å². The molecule has 2 heterocycles. The molecule has 0 amide bonds. The second-order valence-corrected chi connectivity index (χ2v) is 4.88. The number of benzene rings is 1. The number of anilines is 1. The number of carbonyl (C=O) groups excluding carboxylic acids is 1. The van der Waals surface area contributed by atoms with Crippen LogP contribution in [0.4, 0.5) is 5.69 Å². The zero-order valence-electron chi connectivity index (χ0n) is 11.0. The van der Waals surface area contributed by atoms with Crippen LogP contribution in [0.15, 0.2) is 41.1 Å². The SMILES string of the molecule is O=Cc1ccc(O)c(Br)c1.[Br-].c1cc2c(c[nH+]1)OCCN2. The summed E-state index contributed by atoms with van der Waals surface area (Å²) >= 11 is 3.08. The fraction of sp³-hybridized carbons (Fsp3) is 0.143. The smallest absolute Gasteiger partial charge is 0.211 e. The van der Waals surface area contributed by atoms with Crippen molar-refractivity contribution in [2.45, 2.75) is 0 Å². The molecule has 0 bridgehead atoms. The maximum atomic E-state index is 10.2. The molecule has 1 aliphatic rings. The number of hydrogen-bond acceptors (Lipinski definition) is 4. The molecule has 3 rings (SSSR count). The van der Waals surface area contributed by atoms with Gasteiger partial charge in [-0.05, 0) is 34.1 Å². The first kappa shape index (κ1) is 17.5. The van der Waals surface area contributed by atoms with Crippen LogP contribution in [0.25, 0.3) is 0 Å². The minimum atomic E-state index is 0. The van der Waals surface area contributed by atoms with Crippen LogP contribution in [0.1, 0.15) is 10.4 Å². The third kappa shape index (κ3) is 5.02. The third-order valence-electron chi connectivity index (χ3n) is 2.61. The van der Waals surface area contributed by atoms with Gasteiger partial charge in [-0.2, -0.15) is 0 Å². The van der Waals surface area contributed by atoms with Crippen LogP contribution in [0.2, 0.25) is 0 Å². The number of aromatic amines is 1. The average Bonchev–Trinajstić information content (AvgIpc) is 2.51. The van der Waals surface area contributed by atoms with Crippen molar-refractivity contribution in [1.29, 1.82) is 0 Å². The van der Waals surface area contributed by atoms with E-state index in [4.69, 9.17) is 9.84 Å². The van der Waals surface area contributed by atoms with Crippen LogP contribution in [0.3, 0.4) is 0 Å². The van der Waals surface area contributed by atoms with E-state index in [1.165, 1.54) is 6.07 Å². The van der Waals surface area contributed by atoms with E-state index in [0.717, 1.165) is 30.9 Å². The fourth-order valence-corrected chi connectivity index (χ4v) is 2.02. The van der Waals surface area contributed by atoms with E-state index in [9.17, 15) is 4.79 Å². The Bertz CT molecular complexity index is 584. The first-order valence-corrected chi connectivity index (χ1v) is 6.80. The molecule has 0 aliphatic carbocycles. The summed E-state index contributed by atoms with van der Waals surface area (Å²) in [6.07, 6.45) is 4.45. The molecular weight excluding hydrogens is 404 g/mol. The molecule has 1 aliphatic heterocycles. The van der Waals surface area contributed by atoms with Gasteiger partial charge in [0.2, 0.25) is 11.9 Å². The highest BCUT2D eigenvalue weighted by Crippen LogP contribution is 2.23. The largest absolute Gasteiger partial charge is 1.00 e. The Morgan fingerprint density at radius 1 is 1.38 bits per heavy atom. The number of phenols is 1. The van der Waals surface area contributed by atoms with Crippen LogP contribution in [-0.4, -0.2) is 24.5 Å². The Morgan fingerprint density at radius 3 is 2.86 bits per heavy atom. The average molecular weight is 418 g/mol. The van der Waals surface area contributed by atoms with Crippen molar-refractivity contribution < 1.29 is 36.6 Å². The number of carbonyl (C=O) groups is 1. The van der Waals surface area contributed by atoms with Gasteiger partial charge in [0.25, 0.3) is 0 Å². The molecular formula is C14H14Br2N2O3. The van der Waals surface area contributed by atoms with Gasteiger partial charge in [0.1, 0.15) is 18.6 Å². The van der Waals surface area contributed by atoms with Crippen molar-refractivity contribution in [1.82, 2.24) is 0 Å². The molecule has 5 nitrogen and oxygen atoms in total. The normalized spacial score (nSPS) is 11.5. The maximum absolute atomic E-state index is 10.2. The van der Waals surface area contributed by atoms with Crippen molar-refractivity contribution in [2.24, 2.45) is 0 Å². The minimum Gasteiger partial charge on any atom is -1.00 e. The Kier molecular flexibility index (Phi) is 7.18. The number of nitrogens with one attached hydrogen (secondary N) is 2. The number of halogens is 2. The standard InChI is InChI=1S/C7H5BrO2.C7H8N2O.BrH/c8-6-3-5(4-9)1-2-7(6)10;1-2-8-5-7-6(1)9-3-4-10-7;/h1-4,10H;1-2,5,9H,3-4H2;1H. The van der Waals surface area contributed by atoms with E-state index in [-0.39, 0.29) is 22.7 Å². The summed E-state index contributed by atoms with van der Waals surface area (Å²) in [4.78, 5) is 13.1. The quantitative estimate of drug-likeness (QED) is 0.600. The van der Waals surface area contributed by atoms with Gasteiger partial charge in [-0.15, -0.1) is 0 Å². The number of ether oxygens (including phenoxy) is 1. The molecule has 0 unspecified atom stereocenters. The first-order chi connectivity index (χ1) is 9.70. The van der Waals surface area contributed by atoms with Crippen molar-refractivity contribution in [2.75, 3.05) is 18.5 Å². The van der Waals surface area contributed by atoms with E-state index in [1.54, 1.807) is 12.1 Å². The van der Waals surface area contributed by atoms with E-state index in [2.05, 4.69) is 26.2 Å². The highest BCUT2D eigenvalue weighted by atomic mass is 79.9. The second-order valence-electron chi connectivity index (χ2n) is 4.03. The lowest BCUT2D eigenvalue weighted by atomic mass is 10.2. The zero-order valence-corrected chi connectivity index (χ0v) is 14.1. The summed E-state index contributed by atoms with van der Waals surface area (Å²) < 4.78 is 5.87. The summed E-state index contributed by atoms with van der Waals surface area (Å²) in [6.45, 7) is 1.65. The minimum absolute atomic E-state index is 0. The van der Waals surface area contributed by atoms with Crippen LogP contribution in [0.5, 0.6) is 11.5 Å². The van der Waals surface area contributed by atoms with Gasteiger partial charge in [0.05, 0.1) is 10.2 Å². The molecule has 3 N–H and O–H groups in total. The number of aromatic hydroxyl groups is 1. The van der Waals surface area contributed by atoms with Gasteiger partial charge in [-0.25, -0.2) is 4.98 Å². The Balaban J connectivity index is 0.000000200. The highest BCUT2D eigenvalue weighted by Gasteiger charge is 2.09. The van der Waals surface area contributed by atoms with E-state index < -0.39 is 0 Å². The molecule has 2 aromatic rings. The van der Waals surface area contributed by atoms with Crippen molar-refractivity contribution in [3.05, 3.63) is 46.7 Å². The molecule has 1 aromatic heterocycles. The van der Waals surface area contributed by atoms with Gasteiger partial charge in [-0.3, -0.25) is 4.79 Å². The Hall–Kier alpha value is -1.60. The predicted molar refractivity (Wildman–Crippen MR) is 78.2 cm³/mol. The monoisotopic (exact) mass is 416 g/mol. The summed E-state index contributed by atoms with van der Waals surface area (Å²) in [6, 6.07) is 6.54. The first-order valence-electron chi connectivity index (χ1n) is 6.01. The lowest BCUT2D eigenvalue weighted by Crippen LogP contribution is -3.00. The number of phenolic OH excluding ortho intramolecular Hbond substituents is 1. The van der Waals surface area contributed by atoms with E-state index in [0.29, 0.717) is 10.0 Å². The molecule has 0 spiro atoms. The van der Waals surface area contributed by atoms with Crippen molar-refractivity contribution in [3.8, 4) is 11.5 Å². The molecule has 112 valence electrons. The topological polar surface area (TPSA) is 72.7 Å². The number of fused-ring (bicyclic) bond motifs is 1. The summed E-state index contributed by atoms with van der Waals surface area (Å²) in [5.74, 6) is 1.05. The molecule has 21 heavy (non-hydrogen) atoms. The Labute approximate surface area is 141 Å². The number of aromatic nitrogens is 1. The highest BCUT2D eigenvalue weighted by molar-refractivity contribution is 9.10. The predicted octanol–water partition coefficient (Wildman–Crippen LogP) is -0.724. The van der Waals surface area contributed by atoms with Gasteiger partial charge >= 0.3 is 0 Å². The number of pyridine rings is 1. The number of hydrogen-bond donors (Lipinski definition) is 2. The molecule has 7 heteroatoms. The second kappa shape index (κ2) is 8.63. The van der Waals surface area contributed by atoms with Crippen LogP contribution in [0, 0.1) is 0 Å². The fourth-order valence-electron chi connectivity index (χ4n) is 1.62. The third-order valence-corrected chi connectivity index (χ3v) is 3.24. The summed E-state index contributed by atoms with van der Waals surface area (Å²) in [5.41, 5.74) is 1.62.